The normalized spacial score (nSPS) is 11.4. The number of sulfonamides is 1. The van der Waals surface area contributed by atoms with Crippen molar-refractivity contribution in [1.82, 2.24) is 10.0 Å². The molecule has 0 unspecified atom stereocenters. The van der Waals surface area contributed by atoms with E-state index in [1.54, 1.807) is 0 Å². The van der Waals surface area contributed by atoms with Gasteiger partial charge in [0.05, 0.1) is 0 Å². The van der Waals surface area contributed by atoms with E-state index in [0.29, 0.717) is 12.6 Å². The lowest BCUT2D eigenvalue weighted by molar-refractivity contribution is -0.148. The molecule has 7 nitrogen and oxygen atoms in total. The number of hydrogen-bond acceptors (Lipinski definition) is 5. The highest BCUT2D eigenvalue weighted by Crippen LogP contribution is 2.15. The Morgan fingerprint density at radius 3 is 2.54 bits per heavy atom. The molecule has 0 aromatic heterocycles. The van der Waals surface area contributed by atoms with E-state index in [1.807, 2.05) is 13.8 Å². The summed E-state index contributed by atoms with van der Waals surface area (Å²) in [6.07, 6.45) is -0.0274. The third kappa shape index (κ3) is 7.87. The third-order valence-corrected chi connectivity index (χ3v) is 4.60. The SMILES string of the molecule is CC(C)CNC(=O)COC(=O)CCCNS(=O)(=O)c1ccc(F)cc1F. The van der Waals surface area contributed by atoms with Crippen molar-refractivity contribution in [3.05, 3.63) is 29.8 Å². The van der Waals surface area contributed by atoms with Gasteiger partial charge < -0.3 is 10.1 Å². The quantitative estimate of drug-likeness (QED) is 0.462. The molecule has 0 aliphatic carbocycles. The largest absolute Gasteiger partial charge is 0.456 e. The minimum absolute atomic E-state index is 0.0918. The van der Waals surface area contributed by atoms with Crippen LogP contribution in [0.2, 0.25) is 0 Å². The molecule has 146 valence electrons. The molecule has 0 fully saturated rings. The van der Waals surface area contributed by atoms with E-state index in [1.165, 1.54) is 0 Å². The van der Waals surface area contributed by atoms with E-state index in [9.17, 15) is 26.8 Å². The maximum atomic E-state index is 13.5. The Morgan fingerprint density at radius 1 is 1.23 bits per heavy atom. The van der Waals surface area contributed by atoms with Gasteiger partial charge in [-0.3, -0.25) is 9.59 Å². The number of ether oxygens (including phenoxy) is 1. The second-order valence-electron chi connectivity index (χ2n) is 5.93. The number of carbonyl (C=O) groups is 2. The number of nitrogens with one attached hydrogen (secondary N) is 2. The fourth-order valence-electron chi connectivity index (χ4n) is 1.80. The molecule has 2 N–H and O–H groups in total. The topological polar surface area (TPSA) is 102 Å². The highest BCUT2D eigenvalue weighted by molar-refractivity contribution is 7.89. The highest BCUT2D eigenvalue weighted by Gasteiger charge is 2.19. The summed E-state index contributed by atoms with van der Waals surface area (Å²) < 4.78 is 57.0. The molecule has 0 atom stereocenters. The first kappa shape index (κ1) is 22.0. The predicted molar refractivity (Wildman–Crippen MR) is 89.6 cm³/mol. The first-order valence-electron chi connectivity index (χ1n) is 7.99. The summed E-state index contributed by atoms with van der Waals surface area (Å²) in [5.74, 6) is -2.89. The van der Waals surface area contributed by atoms with Crippen LogP contribution < -0.4 is 10.0 Å². The Balaban J connectivity index is 2.32. The number of esters is 1. The van der Waals surface area contributed by atoms with Crippen LogP contribution in [-0.2, 0) is 24.3 Å². The highest BCUT2D eigenvalue weighted by atomic mass is 32.2. The van der Waals surface area contributed by atoms with Gasteiger partial charge in [0, 0.05) is 25.6 Å². The van der Waals surface area contributed by atoms with E-state index in [4.69, 9.17) is 4.74 Å². The van der Waals surface area contributed by atoms with Crippen LogP contribution >= 0.6 is 0 Å². The van der Waals surface area contributed by atoms with Crippen molar-refractivity contribution < 1.29 is 31.5 Å². The molecule has 0 saturated heterocycles. The summed E-state index contributed by atoms with van der Waals surface area (Å²) in [5, 5.41) is 2.58. The molecule has 1 aromatic rings. The molecule has 0 aliphatic heterocycles. The zero-order chi connectivity index (χ0) is 19.7. The van der Waals surface area contributed by atoms with Crippen molar-refractivity contribution >= 4 is 21.9 Å². The summed E-state index contributed by atoms with van der Waals surface area (Å²) in [7, 11) is -4.15. The van der Waals surface area contributed by atoms with Crippen molar-refractivity contribution in [3.8, 4) is 0 Å². The number of benzene rings is 1. The molecule has 10 heteroatoms. The van der Waals surface area contributed by atoms with E-state index in [-0.39, 0.29) is 25.3 Å². The molecule has 1 aromatic carbocycles. The number of hydrogen-bond donors (Lipinski definition) is 2. The van der Waals surface area contributed by atoms with Gasteiger partial charge >= 0.3 is 5.97 Å². The lowest BCUT2D eigenvalue weighted by atomic mass is 10.2. The van der Waals surface area contributed by atoms with E-state index in [2.05, 4.69) is 10.0 Å². The lowest BCUT2D eigenvalue weighted by Crippen LogP contribution is -2.31. The number of rotatable bonds is 10. The number of carbonyl (C=O) groups excluding carboxylic acids is 2. The second-order valence-corrected chi connectivity index (χ2v) is 7.67. The van der Waals surface area contributed by atoms with Crippen molar-refractivity contribution in [3.63, 3.8) is 0 Å². The van der Waals surface area contributed by atoms with Gasteiger partial charge in [-0.2, -0.15) is 0 Å². The smallest absolute Gasteiger partial charge is 0.306 e. The van der Waals surface area contributed by atoms with Crippen LogP contribution in [0.15, 0.2) is 23.1 Å². The average Bonchev–Trinajstić information content (AvgIpc) is 2.54. The Morgan fingerprint density at radius 2 is 1.92 bits per heavy atom. The van der Waals surface area contributed by atoms with Crippen molar-refractivity contribution in [2.45, 2.75) is 31.6 Å². The van der Waals surface area contributed by atoms with Crippen molar-refractivity contribution in [1.29, 1.82) is 0 Å². The first-order valence-corrected chi connectivity index (χ1v) is 9.47. The van der Waals surface area contributed by atoms with Crippen molar-refractivity contribution in [2.24, 2.45) is 5.92 Å². The average molecular weight is 392 g/mol. The van der Waals surface area contributed by atoms with Crippen LogP contribution in [0.4, 0.5) is 8.78 Å². The second kappa shape index (κ2) is 10.2. The molecule has 26 heavy (non-hydrogen) atoms. The Bertz CT molecular complexity index is 738. The summed E-state index contributed by atoms with van der Waals surface area (Å²) in [6, 6.07) is 2.12. The minimum atomic E-state index is -4.15. The van der Waals surface area contributed by atoms with Gasteiger partial charge in [0.2, 0.25) is 10.0 Å². The van der Waals surface area contributed by atoms with Gasteiger partial charge in [0.1, 0.15) is 16.5 Å². The molecule has 1 rings (SSSR count). The van der Waals surface area contributed by atoms with E-state index >= 15 is 0 Å². The minimum Gasteiger partial charge on any atom is -0.456 e. The van der Waals surface area contributed by atoms with Crippen LogP contribution in [0.3, 0.4) is 0 Å². The van der Waals surface area contributed by atoms with Crippen LogP contribution in [0.5, 0.6) is 0 Å². The zero-order valence-corrected chi connectivity index (χ0v) is 15.4. The van der Waals surface area contributed by atoms with Crippen LogP contribution in [0.1, 0.15) is 26.7 Å². The lowest BCUT2D eigenvalue weighted by Gasteiger charge is -2.09. The van der Waals surface area contributed by atoms with Gasteiger partial charge in [0.25, 0.3) is 5.91 Å². The summed E-state index contributed by atoms with van der Waals surface area (Å²) in [4.78, 5) is 22.2. The van der Waals surface area contributed by atoms with Crippen LogP contribution in [0, 0.1) is 17.6 Å². The van der Waals surface area contributed by atoms with Gasteiger partial charge in [-0.15, -0.1) is 0 Å². The Kier molecular flexibility index (Phi) is 8.59. The first-order chi connectivity index (χ1) is 12.1. The van der Waals surface area contributed by atoms with Gasteiger partial charge in [-0.05, 0) is 24.5 Å². The van der Waals surface area contributed by atoms with E-state index in [0.717, 1.165) is 12.1 Å². The number of halogens is 2. The maximum Gasteiger partial charge on any atom is 0.306 e. The molecule has 0 aliphatic rings. The molecule has 0 saturated carbocycles. The molecular formula is C16H22F2N2O5S. The summed E-state index contributed by atoms with van der Waals surface area (Å²) in [6.45, 7) is 3.76. The fraction of sp³-hybridized carbons (Fsp3) is 0.500. The van der Waals surface area contributed by atoms with Gasteiger partial charge in [-0.1, -0.05) is 13.8 Å². The zero-order valence-electron chi connectivity index (χ0n) is 14.6. The van der Waals surface area contributed by atoms with Gasteiger partial charge in [-0.25, -0.2) is 21.9 Å². The van der Waals surface area contributed by atoms with E-state index < -0.39 is 45.0 Å². The Labute approximate surface area is 151 Å². The molecule has 1 amide bonds. The van der Waals surface area contributed by atoms with Gasteiger partial charge in [0.15, 0.2) is 6.61 Å². The molecule has 0 bridgehead atoms. The maximum absolute atomic E-state index is 13.5. The molecule has 0 spiro atoms. The fourth-order valence-corrected chi connectivity index (χ4v) is 2.93. The molecule has 0 heterocycles. The standard InChI is InChI=1S/C16H22F2N2O5S/c1-11(2)9-19-15(21)10-25-16(22)4-3-7-20-26(23,24)14-6-5-12(17)8-13(14)18/h5-6,8,11,20H,3-4,7,9-10H2,1-2H3,(H,19,21). The third-order valence-electron chi connectivity index (χ3n) is 3.10. The van der Waals surface area contributed by atoms with Crippen molar-refractivity contribution in [2.75, 3.05) is 19.7 Å². The molecular weight excluding hydrogens is 370 g/mol. The summed E-state index contributed by atoms with van der Waals surface area (Å²) >= 11 is 0. The monoisotopic (exact) mass is 392 g/mol. The summed E-state index contributed by atoms with van der Waals surface area (Å²) in [5.41, 5.74) is 0. The molecule has 0 radical (unpaired) electrons. The van der Waals surface area contributed by atoms with Crippen LogP contribution in [0.25, 0.3) is 0 Å². The Hall–Kier alpha value is -2.07. The van der Waals surface area contributed by atoms with Crippen LogP contribution in [-0.4, -0.2) is 40.0 Å². The number of amides is 1. The predicted octanol–water partition coefficient (Wildman–Crippen LogP) is 1.34.